The number of anilines is 2. The van der Waals surface area contributed by atoms with E-state index in [2.05, 4.69) is 5.32 Å². The maximum atomic E-state index is 12.7. The molecular weight excluding hydrogens is 378 g/mol. The first-order valence-corrected chi connectivity index (χ1v) is 10.1. The van der Waals surface area contributed by atoms with E-state index in [0.29, 0.717) is 5.69 Å². The van der Waals surface area contributed by atoms with Gasteiger partial charge in [-0.3, -0.25) is 9.59 Å². The molecule has 7 nitrogen and oxygen atoms in total. The Morgan fingerprint density at radius 2 is 1.61 bits per heavy atom. The summed E-state index contributed by atoms with van der Waals surface area (Å²) in [6.07, 6.45) is 0. The molecule has 0 unspecified atom stereocenters. The lowest BCUT2D eigenvalue weighted by atomic mass is 10.1. The molecule has 0 fully saturated rings. The molecule has 0 radical (unpaired) electrons. The third-order valence-electron chi connectivity index (χ3n) is 4.55. The zero-order valence-corrected chi connectivity index (χ0v) is 17.5. The number of likely N-dealkylation sites (N-methyl/N-ethyl adjacent to an activating group) is 2. The number of nitrogens with one attached hydrogen (secondary N) is 1. The molecule has 0 spiro atoms. The van der Waals surface area contributed by atoms with Crippen LogP contribution in [0.1, 0.15) is 18.1 Å². The SMILES string of the molecule is CC(=O)Nc1ccc(S(=O)(=O)N(C)CC(=O)N(C)c2cccc(C)c2C)cc1. The summed E-state index contributed by atoms with van der Waals surface area (Å²) in [7, 11) is -0.841. The van der Waals surface area contributed by atoms with Crippen LogP contribution < -0.4 is 10.2 Å². The van der Waals surface area contributed by atoms with Crippen LogP contribution in [-0.2, 0) is 19.6 Å². The molecule has 0 bridgehead atoms. The molecule has 28 heavy (non-hydrogen) atoms. The Labute approximate surface area is 166 Å². The molecule has 2 aromatic carbocycles. The van der Waals surface area contributed by atoms with Crippen molar-refractivity contribution in [1.29, 1.82) is 0 Å². The topological polar surface area (TPSA) is 86.8 Å². The fourth-order valence-corrected chi connectivity index (χ4v) is 3.83. The molecule has 0 aliphatic carbocycles. The highest BCUT2D eigenvalue weighted by Crippen LogP contribution is 2.22. The van der Waals surface area contributed by atoms with Crippen molar-refractivity contribution in [3.8, 4) is 0 Å². The number of aryl methyl sites for hydroxylation is 1. The lowest BCUT2D eigenvalue weighted by molar-refractivity contribution is -0.118. The number of nitrogens with zero attached hydrogens (tertiary/aromatic N) is 2. The zero-order chi connectivity index (χ0) is 21.1. The lowest BCUT2D eigenvalue weighted by Crippen LogP contribution is -2.39. The predicted octanol–water partition coefficient (Wildman–Crippen LogP) is 2.55. The third kappa shape index (κ3) is 4.76. The number of carbonyl (C=O) groups is 2. The average molecular weight is 404 g/mol. The lowest BCUT2D eigenvalue weighted by Gasteiger charge is -2.24. The molecule has 150 valence electrons. The van der Waals surface area contributed by atoms with Crippen molar-refractivity contribution in [3.63, 3.8) is 0 Å². The van der Waals surface area contributed by atoms with E-state index >= 15 is 0 Å². The van der Waals surface area contributed by atoms with Gasteiger partial charge in [-0.25, -0.2) is 8.42 Å². The van der Waals surface area contributed by atoms with Gasteiger partial charge in [-0.2, -0.15) is 4.31 Å². The number of rotatable bonds is 6. The zero-order valence-electron chi connectivity index (χ0n) is 16.7. The van der Waals surface area contributed by atoms with Crippen LogP contribution in [0.3, 0.4) is 0 Å². The van der Waals surface area contributed by atoms with E-state index in [1.54, 1.807) is 7.05 Å². The number of hydrogen-bond donors (Lipinski definition) is 1. The minimum atomic E-state index is -3.84. The van der Waals surface area contributed by atoms with Gasteiger partial charge in [-0.05, 0) is 55.3 Å². The molecule has 2 amide bonds. The van der Waals surface area contributed by atoms with E-state index < -0.39 is 10.0 Å². The highest BCUT2D eigenvalue weighted by molar-refractivity contribution is 7.89. The van der Waals surface area contributed by atoms with E-state index in [0.717, 1.165) is 21.1 Å². The van der Waals surface area contributed by atoms with Crippen LogP contribution in [0.15, 0.2) is 47.4 Å². The average Bonchev–Trinajstić information content (AvgIpc) is 2.63. The Bertz CT molecular complexity index is 985. The Morgan fingerprint density at radius 1 is 1.00 bits per heavy atom. The molecule has 8 heteroatoms. The van der Waals surface area contributed by atoms with Crippen LogP contribution in [0.25, 0.3) is 0 Å². The second-order valence-corrected chi connectivity index (χ2v) is 8.68. The highest BCUT2D eigenvalue weighted by Gasteiger charge is 2.25. The molecule has 0 heterocycles. The van der Waals surface area contributed by atoms with Gasteiger partial charge in [0, 0.05) is 32.4 Å². The van der Waals surface area contributed by atoms with Crippen LogP contribution in [-0.4, -0.2) is 45.2 Å². The van der Waals surface area contributed by atoms with Crippen molar-refractivity contribution in [2.45, 2.75) is 25.7 Å². The van der Waals surface area contributed by atoms with Crippen molar-refractivity contribution in [2.75, 3.05) is 30.9 Å². The smallest absolute Gasteiger partial charge is 0.243 e. The number of hydrogen-bond acceptors (Lipinski definition) is 4. The molecule has 0 saturated heterocycles. The van der Waals surface area contributed by atoms with Gasteiger partial charge in [-0.1, -0.05) is 12.1 Å². The van der Waals surface area contributed by atoms with E-state index in [9.17, 15) is 18.0 Å². The monoisotopic (exact) mass is 403 g/mol. The first-order chi connectivity index (χ1) is 13.0. The number of carbonyl (C=O) groups excluding carboxylic acids is 2. The van der Waals surface area contributed by atoms with Gasteiger partial charge in [-0.15, -0.1) is 0 Å². The van der Waals surface area contributed by atoms with Gasteiger partial charge in [0.05, 0.1) is 11.4 Å². The molecule has 0 aliphatic heterocycles. The molecule has 0 atom stereocenters. The number of sulfonamides is 1. The summed E-state index contributed by atoms with van der Waals surface area (Å²) < 4.78 is 26.5. The highest BCUT2D eigenvalue weighted by atomic mass is 32.2. The minimum Gasteiger partial charge on any atom is -0.326 e. The molecular formula is C20H25N3O4S. The Balaban J connectivity index is 2.15. The molecule has 2 aromatic rings. The van der Waals surface area contributed by atoms with E-state index in [1.807, 2.05) is 32.0 Å². The van der Waals surface area contributed by atoms with E-state index in [1.165, 1.54) is 43.1 Å². The van der Waals surface area contributed by atoms with Crippen molar-refractivity contribution in [1.82, 2.24) is 4.31 Å². The summed E-state index contributed by atoms with van der Waals surface area (Å²) in [4.78, 5) is 25.2. The summed E-state index contributed by atoms with van der Waals surface area (Å²) in [6, 6.07) is 11.5. The fraction of sp³-hybridized carbons (Fsp3) is 0.300. The normalized spacial score (nSPS) is 11.4. The summed E-state index contributed by atoms with van der Waals surface area (Å²) in [6.45, 7) is 4.96. The second kappa shape index (κ2) is 8.53. The van der Waals surface area contributed by atoms with Gasteiger partial charge in [0.25, 0.3) is 0 Å². The first kappa shape index (κ1) is 21.6. The van der Waals surface area contributed by atoms with Gasteiger partial charge in [0.2, 0.25) is 21.8 Å². The van der Waals surface area contributed by atoms with Crippen molar-refractivity contribution >= 4 is 33.2 Å². The van der Waals surface area contributed by atoms with Crippen LogP contribution in [0, 0.1) is 13.8 Å². The van der Waals surface area contributed by atoms with Crippen LogP contribution in [0.2, 0.25) is 0 Å². The molecule has 0 saturated carbocycles. The number of benzene rings is 2. The van der Waals surface area contributed by atoms with Crippen LogP contribution in [0.5, 0.6) is 0 Å². The summed E-state index contributed by atoms with van der Waals surface area (Å²) in [5.74, 6) is -0.581. The van der Waals surface area contributed by atoms with Gasteiger partial charge in [0.15, 0.2) is 0 Å². The Hall–Kier alpha value is -2.71. The minimum absolute atomic E-state index is 0.0475. The number of amides is 2. The van der Waals surface area contributed by atoms with Gasteiger partial charge >= 0.3 is 0 Å². The predicted molar refractivity (Wildman–Crippen MR) is 110 cm³/mol. The van der Waals surface area contributed by atoms with Crippen molar-refractivity contribution < 1.29 is 18.0 Å². The largest absolute Gasteiger partial charge is 0.326 e. The standard InChI is InChI=1S/C20H25N3O4S/c1-14-7-6-8-19(15(14)2)23(5)20(25)13-22(4)28(26,27)18-11-9-17(10-12-18)21-16(3)24/h6-12H,13H2,1-5H3,(H,21,24). The summed E-state index contributed by atoms with van der Waals surface area (Å²) >= 11 is 0. The van der Waals surface area contributed by atoms with Crippen molar-refractivity contribution in [2.24, 2.45) is 0 Å². The molecule has 1 N–H and O–H groups in total. The molecule has 2 rings (SSSR count). The van der Waals surface area contributed by atoms with Gasteiger partial charge < -0.3 is 10.2 Å². The quantitative estimate of drug-likeness (QED) is 0.803. The van der Waals surface area contributed by atoms with Crippen molar-refractivity contribution in [3.05, 3.63) is 53.6 Å². The Kier molecular flexibility index (Phi) is 6.58. The van der Waals surface area contributed by atoms with Crippen LogP contribution in [0.4, 0.5) is 11.4 Å². The maximum Gasteiger partial charge on any atom is 0.243 e. The summed E-state index contributed by atoms with van der Waals surface area (Å²) in [5, 5.41) is 2.58. The van der Waals surface area contributed by atoms with Gasteiger partial charge in [0.1, 0.15) is 0 Å². The molecule has 0 aromatic heterocycles. The maximum absolute atomic E-state index is 12.7. The summed E-state index contributed by atoms with van der Waals surface area (Å²) in [5.41, 5.74) is 3.27. The Morgan fingerprint density at radius 3 is 2.18 bits per heavy atom. The fourth-order valence-electron chi connectivity index (χ4n) is 2.71. The second-order valence-electron chi connectivity index (χ2n) is 6.64. The third-order valence-corrected chi connectivity index (χ3v) is 6.37. The van der Waals surface area contributed by atoms with Crippen LogP contribution >= 0.6 is 0 Å². The van der Waals surface area contributed by atoms with E-state index in [4.69, 9.17) is 0 Å². The van der Waals surface area contributed by atoms with E-state index in [-0.39, 0.29) is 23.3 Å². The molecule has 0 aliphatic rings. The first-order valence-electron chi connectivity index (χ1n) is 8.71.